The lowest BCUT2D eigenvalue weighted by molar-refractivity contribution is 0.540. The van der Waals surface area contributed by atoms with Gasteiger partial charge in [0.2, 0.25) is 0 Å². The van der Waals surface area contributed by atoms with Crippen LogP contribution in [0.1, 0.15) is 43.2 Å². The highest BCUT2D eigenvalue weighted by Crippen LogP contribution is 2.39. The molecular weight excluding hydrogens is 230 g/mol. The van der Waals surface area contributed by atoms with Crippen LogP contribution in [0.4, 0.5) is 5.69 Å². The number of rotatable bonds is 3. The van der Waals surface area contributed by atoms with E-state index in [1.165, 1.54) is 36.1 Å². The Kier molecular flexibility index (Phi) is 3.54. The van der Waals surface area contributed by atoms with Crippen molar-refractivity contribution in [3.05, 3.63) is 65.7 Å². The van der Waals surface area contributed by atoms with Crippen LogP contribution in [0.25, 0.3) is 0 Å². The number of hydrogen-bond acceptors (Lipinski definition) is 1. The number of para-hydroxylation sites is 1. The first-order chi connectivity index (χ1) is 9.38. The van der Waals surface area contributed by atoms with Crippen molar-refractivity contribution < 1.29 is 0 Å². The summed E-state index contributed by atoms with van der Waals surface area (Å²) in [6, 6.07) is 20.3. The summed E-state index contributed by atoms with van der Waals surface area (Å²) in [5.74, 6) is 0.537. The van der Waals surface area contributed by atoms with Gasteiger partial charge in [0.05, 0.1) is 0 Å². The third-order valence-corrected chi connectivity index (χ3v) is 4.06. The Labute approximate surface area is 115 Å². The molecule has 98 valence electrons. The minimum atomic E-state index is 0.537. The van der Waals surface area contributed by atoms with Crippen molar-refractivity contribution in [1.29, 1.82) is 0 Å². The molecule has 1 nitrogen and oxygen atoms in total. The summed E-state index contributed by atoms with van der Waals surface area (Å²) in [5, 5.41) is 3.70. The van der Waals surface area contributed by atoms with Crippen LogP contribution in [-0.4, -0.2) is 6.04 Å². The van der Waals surface area contributed by atoms with E-state index in [1.54, 1.807) is 0 Å². The van der Waals surface area contributed by atoms with Crippen LogP contribution in [0.3, 0.4) is 0 Å². The van der Waals surface area contributed by atoms with Crippen molar-refractivity contribution in [3.63, 3.8) is 0 Å². The number of hydrogen-bond donors (Lipinski definition) is 1. The standard InChI is InChI=1S/C18H21N/c1-2-8-15-13-17(14-9-4-3-5-10-14)16-11-6-7-12-18(16)19-15/h3-7,9-12,15,17,19H,2,8,13H2,1H3. The fourth-order valence-electron chi connectivity index (χ4n) is 3.16. The maximum Gasteiger partial charge on any atom is 0.0381 e. The van der Waals surface area contributed by atoms with E-state index >= 15 is 0 Å². The van der Waals surface area contributed by atoms with E-state index in [9.17, 15) is 0 Å². The predicted octanol–water partition coefficient (Wildman–Crippen LogP) is 4.80. The largest absolute Gasteiger partial charge is 0.382 e. The molecule has 2 unspecified atom stereocenters. The van der Waals surface area contributed by atoms with Gasteiger partial charge in [-0.2, -0.15) is 0 Å². The summed E-state index contributed by atoms with van der Waals surface area (Å²) in [6.45, 7) is 2.26. The van der Waals surface area contributed by atoms with Gasteiger partial charge >= 0.3 is 0 Å². The van der Waals surface area contributed by atoms with Gasteiger partial charge in [-0.25, -0.2) is 0 Å². The fourth-order valence-corrected chi connectivity index (χ4v) is 3.16. The Balaban J connectivity index is 1.98. The maximum absolute atomic E-state index is 3.70. The molecule has 0 aromatic heterocycles. The van der Waals surface area contributed by atoms with Crippen LogP contribution in [0.2, 0.25) is 0 Å². The number of anilines is 1. The SMILES string of the molecule is CCCC1CC(c2ccccc2)c2ccccc2N1. The summed E-state index contributed by atoms with van der Waals surface area (Å²) in [4.78, 5) is 0. The monoisotopic (exact) mass is 251 g/mol. The minimum absolute atomic E-state index is 0.537. The molecule has 0 saturated heterocycles. The third-order valence-electron chi connectivity index (χ3n) is 4.06. The lowest BCUT2D eigenvalue weighted by Gasteiger charge is -2.33. The molecule has 3 rings (SSSR count). The highest BCUT2D eigenvalue weighted by Gasteiger charge is 2.26. The van der Waals surface area contributed by atoms with Crippen LogP contribution in [0.15, 0.2) is 54.6 Å². The predicted molar refractivity (Wildman–Crippen MR) is 81.7 cm³/mol. The highest BCUT2D eigenvalue weighted by molar-refractivity contribution is 5.58. The van der Waals surface area contributed by atoms with Gasteiger partial charge in [-0.15, -0.1) is 0 Å². The van der Waals surface area contributed by atoms with Crippen molar-refractivity contribution >= 4 is 5.69 Å². The van der Waals surface area contributed by atoms with Crippen molar-refractivity contribution in [2.45, 2.75) is 38.1 Å². The average molecular weight is 251 g/mol. The molecule has 2 aromatic carbocycles. The molecular formula is C18H21N. The molecule has 0 fully saturated rings. The van der Waals surface area contributed by atoms with Gasteiger partial charge in [0.15, 0.2) is 0 Å². The van der Waals surface area contributed by atoms with Gasteiger partial charge in [-0.1, -0.05) is 61.9 Å². The summed E-state index contributed by atoms with van der Waals surface area (Å²) >= 11 is 0. The molecule has 1 N–H and O–H groups in total. The van der Waals surface area contributed by atoms with Gasteiger partial charge in [0.25, 0.3) is 0 Å². The molecule has 0 aliphatic carbocycles. The van der Waals surface area contributed by atoms with Crippen LogP contribution < -0.4 is 5.32 Å². The van der Waals surface area contributed by atoms with Crippen LogP contribution >= 0.6 is 0 Å². The summed E-state index contributed by atoms with van der Waals surface area (Å²) in [5.41, 5.74) is 4.21. The normalized spacial score (nSPS) is 21.5. The van der Waals surface area contributed by atoms with Crippen molar-refractivity contribution in [3.8, 4) is 0 Å². The molecule has 1 heterocycles. The Morgan fingerprint density at radius 1 is 1.00 bits per heavy atom. The maximum atomic E-state index is 3.70. The molecule has 1 aliphatic rings. The van der Waals surface area contributed by atoms with E-state index in [2.05, 4.69) is 66.8 Å². The second-order valence-electron chi connectivity index (χ2n) is 5.42. The number of benzene rings is 2. The third kappa shape index (κ3) is 2.51. The first-order valence-corrected chi connectivity index (χ1v) is 7.29. The molecule has 2 atom stereocenters. The molecule has 1 heteroatoms. The van der Waals surface area contributed by atoms with Crippen LogP contribution in [-0.2, 0) is 0 Å². The number of nitrogens with one attached hydrogen (secondary N) is 1. The Bertz CT molecular complexity index is 532. The summed E-state index contributed by atoms with van der Waals surface area (Å²) in [6.07, 6.45) is 3.69. The molecule has 19 heavy (non-hydrogen) atoms. The van der Waals surface area contributed by atoms with Gasteiger partial charge < -0.3 is 5.32 Å². The Morgan fingerprint density at radius 2 is 1.74 bits per heavy atom. The first-order valence-electron chi connectivity index (χ1n) is 7.29. The first kappa shape index (κ1) is 12.3. The second-order valence-corrected chi connectivity index (χ2v) is 5.42. The van der Waals surface area contributed by atoms with E-state index in [1.807, 2.05) is 0 Å². The lowest BCUT2D eigenvalue weighted by Crippen LogP contribution is -2.28. The van der Waals surface area contributed by atoms with Crippen molar-refractivity contribution in [1.82, 2.24) is 0 Å². The van der Waals surface area contributed by atoms with E-state index in [4.69, 9.17) is 0 Å². The molecule has 0 saturated carbocycles. The van der Waals surface area contributed by atoms with Gasteiger partial charge in [0, 0.05) is 17.6 Å². The van der Waals surface area contributed by atoms with Crippen molar-refractivity contribution in [2.24, 2.45) is 0 Å². The lowest BCUT2D eigenvalue weighted by atomic mass is 9.81. The Morgan fingerprint density at radius 3 is 2.53 bits per heavy atom. The summed E-state index contributed by atoms with van der Waals surface area (Å²) in [7, 11) is 0. The van der Waals surface area contributed by atoms with Crippen LogP contribution in [0.5, 0.6) is 0 Å². The molecule has 0 radical (unpaired) electrons. The minimum Gasteiger partial charge on any atom is -0.382 e. The van der Waals surface area contributed by atoms with E-state index in [-0.39, 0.29) is 0 Å². The van der Waals surface area contributed by atoms with Crippen molar-refractivity contribution in [2.75, 3.05) is 5.32 Å². The van der Waals surface area contributed by atoms with Gasteiger partial charge in [0.1, 0.15) is 0 Å². The van der Waals surface area contributed by atoms with E-state index in [0.29, 0.717) is 12.0 Å². The van der Waals surface area contributed by atoms with Gasteiger partial charge in [-0.05, 0) is 30.0 Å². The van der Waals surface area contributed by atoms with Crippen LogP contribution in [0, 0.1) is 0 Å². The molecule has 0 bridgehead atoms. The fraction of sp³-hybridized carbons (Fsp3) is 0.333. The smallest absolute Gasteiger partial charge is 0.0381 e. The topological polar surface area (TPSA) is 12.0 Å². The molecule has 0 amide bonds. The molecule has 2 aromatic rings. The average Bonchev–Trinajstić information content (AvgIpc) is 2.48. The van der Waals surface area contributed by atoms with E-state index < -0.39 is 0 Å². The quantitative estimate of drug-likeness (QED) is 0.826. The molecule has 1 aliphatic heterocycles. The number of fused-ring (bicyclic) bond motifs is 1. The van der Waals surface area contributed by atoms with Gasteiger partial charge in [-0.3, -0.25) is 0 Å². The highest BCUT2D eigenvalue weighted by atomic mass is 14.9. The summed E-state index contributed by atoms with van der Waals surface area (Å²) < 4.78 is 0. The zero-order chi connectivity index (χ0) is 13.1. The zero-order valence-electron chi connectivity index (χ0n) is 11.5. The molecule has 0 spiro atoms. The Hall–Kier alpha value is -1.76. The zero-order valence-corrected chi connectivity index (χ0v) is 11.5. The second kappa shape index (κ2) is 5.48. The van der Waals surface area contributed by atoms with E-state index in [0.717, 1.165) is 0 Å².